The SMILES string of the molecule is CCNC1CCC(N(C)CC(=O)N(C)C(C)C)CC1. The van der Waals surface area contributed by atoms with Gasteiger partial charge in [0.2, 0.25) is 5.91 Å². The maximum Gasteiger partial charge on any atom is 0.236 e. The van der Waals surface area contributed by atoms with Crippen molar-refractivity contribution in [3.05, 3.63) is 0 Å². The predicted octanol–water partition coefficient (Wildman–Crippen LogP) is 1.71. The number of carbonyl (C=O) groups excluding carboxylic acids is 1. The van der Waals surface area contributed by atoms with Gasteiger partial charge in [0, 0.05) is 25.2 Å². The Labute approximate surface area is 118 Å². The fourth-order valence-electron chi connectivity index (χ4n) is 2.75. The van der Waals surface area contributed by atoms with Crippen LogP contribution in [0.2, 0.25) is 0 Å². The van der Waals surface area contributed by atoms with Crippen LogP contribution in [0.3, 0.4) is 0 Å². The van der Waals surface area contributed by atoms with Gasteiger partial charge in [0.25, 0.3) is 0 Å². The summed E-state index contributed by atoms with van der Waals surface area (Å²) < 4.78 is 0. The van der Waals surface area contributed by atoms with Gasteiger partial charge >= 0.3 is 0 Å². The van der Waals surface area contributed by atoms with E-state index >= 15 is 0 Å². The normalized spacial score (nSPS) is 23.9. The Morgan fingerprint density at radius 3 is 2.26 bits per heavy atom. The van der Waals surface area contributed by atoms with Gasteiger partial charge in [0.05, 0.1) is 6.54 Å². The number of rotatable bonds is 6. The van der Waals surface area contributed by atoms with Crippen LogP contribution in [0.25, 0.3) is 0 Å². The van der Waals surface area contributed by atoms with Gasteiger partial charge < -0.3 is 10.2 Å². The van der Waals surface area contributed by atoms with Crippen molar-refractivity contribution in [3.8, 4) is 0 Å². The molecule has 19 heavy (non-hydrogen) atoms. The number of carbonyl (C=O) groups is 1. The van der Waals surface area contributed by atoms with Crippen molar-refractivity contribution >= 4 is 5.91 Å². The van der Waals surface area contributed by atoms with Gasteiger partial charge in [-0.3, -0.25) is 9.69 Å². The minimum Gasteiger partial charge on any atom is -0.342 e. The average Bonchev–Trinajstić information content (AvgIpc) is 2.38. The quantitative estimate of drug-likeness (QED) is 0.797. The molecule has 4 heteroatoms. The summed E-state index contributed by atoms with van der Waals surface area (Å²) >= 11 is 0. The maximum atomic E-state index is 12.1. The van der Waals surface area contributed by atoms with Crippen LogP contribution in [0.5, 0.6) is 0 Å². The summed E-state index contributed by atoms with van der Waals surface area (Å²) in [4.78, 5) is 16.1. The van der Waals surface area contributed by atoms with Gasteiger partial charge in [-0.15, -0.1) is 0 Å². The molecule has 1 amide bonds. The van der Waals surface area contributed by atoms with Crippen LogP contribution in [0.1, 0.15) is 46.5 Å². The molecule has 0 spiro atoms. The van der Waals surface area contributed by atoms with Crippen LogP contribution in [0.4, 0.5) is 0 Å². The maximum absolute atomic E-state index is 12.1. The molecular formula is C15H31N3O. The van der Waals surface area contributed by atoms with Crippen molar-refractivity contribution in [2.75, 3.05) is 27.2 Å². The molecule has 0 aromatic rings. The summed E-state index contributed by atoms with van der Waals surface area (Å²) in [5.41, 5.74) is 0. The summed E-state index contributed by atoms with van der Waals surface area (Å²) in [5, 5.41) is 3.52. The molecule has 0 atom stereocenters. The lowest BCUT2D eigenvalue weighted by Crippen LogP contribution is -2.46. The number of amides is 1. The Morgan fingerprint density at radius 2 is 1.79 bits per heavy atom. The minimum atomic E-state index is 0.228. The van der Waals surface area contributed by atoms with Gasteiger partial charge in [0.15, 0.2) is 0 Å². The van der Waals surface area contributed by atoms with Crippen LogP contribution < -0.4 is 5.32 Å². The number of nitrogens with one attached hydrogen (secondary N) is 1. The van der Waals surface area contributed by atoms with Crippen molar-refractivity contribution in [3.63, 3.8) is 0 Å². The average molecular weight is 269 g/mol. The summed E-state index contributed by atoms with van der Waals surface area (Å²) in [6.45, 7) is 7.88. The van der Waals surface area contributed by atoms with E-state index in [1.165, 1.54) is 25.7 Å². The zero-order chi connectivity index (χ0) is 14.4. The number of hydrogen-bond donors (Lipinski definition) is 1. The molecule has 1 saturated carbocycles. The van der Waals surface area contributed by atoms with E-state index < -0.39 is 0 Å². The number of nitrogens with zero attached hydrogens (tertiary/aromatic N) is 2. The molecule has 112 valence electrons. The zero-order valence-corrected chi connectivity index (χ0v) is 13.3. The fraction of sp³-hybridized carbons (Fsp3) is 0.933. The predicted molar refractivity (Wildman–Crippen MR) is 80.3 cm³/mol. The Hall–Kier alpha value is -0.610. The van der Waals surface area contributed by atoms with Crippen molar-refractivity contribution in [2.45, 2.75) is 64.6 Å². The summed E-state index contributed by atoms with van der Waals surface area (Å²) in [5.74, 6) is 0.228. The van der Waals surface area contributed by atoms with Crippen molar-refractivity contribution < 1.29 is 4.79 Å². The third-order valence-corrected chi connectivity index (χ3v) is 4.37. The van der Waals surface area contributed by atoms with Crippen LogP contribution >= 0.6 is 0 Å². The van der Waals surface area contributed by atoms with Gasteiger partial charge in [-0.25, -0.2) is 0 Å². The molecule has 0 radical (unpaired) electrons. The molecule has 0 unspecified atom stereocenters. The molecule has 0 heterocycles. The highest BCUT2D eigenvalue weighted by Gasteiger charge is 2.25. The Morgan fingerprint density at radius 1 is 1.21 bits per heavy atom. The number of hydrogen-bond acceptors (Lipinski definition) is 3. The van der Waals surface area contributed by atoms with E-state index in [0.29, 0.717) is 18.6 Å². The van der Waals surface area contributed by atoms with E-state index in [4.69, 9.17) is 0 Å². The summed E-state index contributed by atoms with van der Waals surface area (Å²) in [6, 6.07) is 1.54. The molecule has 0 aromatic carbocycles. The lowest BCUT2D eigenvalue weighted by Gasteiger charge is -2.35. The molecule has 1 rings (SSSR count). The first-order valence-corrected chi connectivity index (χ1v) is 7.65. The van der Waals surface area contributed by atoms with E-state index in [-0.39, 0.29) is 11.9 Å². The Balaban J connectivity index is 2.35. The van der Waals surface area contributed by atoms with Crippen molar-refractivity contribution in [1.29, 1.82) is 0 Å². The molecular weight excluding hydrogens is 238 g/mol. The highest BCUT2D eigenvalue weighted by molar-refractivity contribution is 5.78. The minimum absolute atomic E-state index is 0.228. The Kier molecular flexibility index (Phi) is 6.80. The van der Waals surface area contributed by atoms with Gasteiger partial charge in [-0.05, 0) is 53.1 Å². The van der Waals surface area contributed by atoms with E-state index in [1.54, 1.807) is 0 Å². The lowest BCUT2D eigenvalue weighted by atomic mass is 9.90. The van der Waals surface area contributed by atoms with Crippen LogP contribution in [-0.4, -0.2) is 61.0 Å². The van der Waals surface area contributed by atoms with E-state index in [9.17, 15) is 4.79 Å². The smallest absolute Gasteiger partial charge is 0.236 e. The second-order valence-corrected chi connectivity index (χ2v) is 6.08. The van der Waals surface area contributed by atoms with Gasteiger partial charge in [-0.2, -0.15) is 0 Å². The molecule has 0 aromatic heterocycles. The molecule has 1 N–H and O–H groups in total. The number of likely N-dealkylation sites (N-methyl/N-ethyl adjacent to an activating group) is 2. The molecule has 0 bridgehead atoms. The highest BCUT2D eigenvalue weighted by atomic mass is 16.2. The van der Waals surface area contributed by atoms with Crippen molar-refractivity contribution in [1.82, 2.24) is 15.1 Å². The third kappa shape index (κ3) is 5.11. The monoisotopic (exact) mass is 269 g/mol. The molecule has 1 aliphatic carbocycles. The van der Waals surface area contributed by atoms with Gasteiger partial charge in [0.1, 0.15) is 0 Å². The van der Waals surface area contributed by atoms with E-state index in [2.05, 4.69) is 38.0 Å². The molecule has 1 fully saturated rings. The second kappa shape index (κ2) is 7.85. The lowest BCUT2D eigenvalue weighted by molar-refractivity contribution is -0.132. The first-order chi connectivity index (χ1) is 8.95. The largest absolute Gasteiger partial charge is 0.342 e. The molecule has 1 aliphatic rings. The van der Waals surface area contributed by atoms with Gasteiger partial charge in [-0.1, -0.05) is 6.92 Å². The third-order valence-electron chi connectivity index (χ3n) is 4.37. The first kappa shape index (κ1) is 16.4. The Bertz CT molecular complexity index is 273. The standard InChI is InChI=1S/C15H31N3O/c1-6-16-13-7-9-14(10-8-13)17(4)11-15(19)18(5)12(2)3/h12-14,16H,6-11H2,1-5H3. The molecule has 4 nitrogen and oxygen atoms in total. The highest BCUT2D eigenvalue weighted by Crippen LogP contribution is 2.22. The van der Waals surface area contributed by atoms with Crippen molar-refractivity contribution in [2.24, 2.45) is 0 Å². The molecule has 0 aliphatic heterocycles. The summed E-state index contributed by atoms with van der Waals surface area (Å²) in [7, 11) is 3.98. The summed E-state index contributed by atoms with van der Waals surface area (Å²) in [6.07, 6.45) is 4.87. The van der Waals surface area contributed by atoms with Crippen LogP contribution in [0.15, 0.2) is 0 Å². The second-order valence-electron chi connectivity index (χ2n) is 6.08. The van der Waals surface area contributed by atoms with Crippen LogP contribution in [-0.2, 0) is 4.79 Å². The topological polar surface area (TPSA) is 35.6 Å². The van der Waals surface area contributed by atoms with Crippen LogP contribution in [0, 0.1) is 0 Å². The first-order valence-electron chi connectivity index (χ1n) is 7.65. The zero-order valence-electron chi connectivity index (χ0n) is 13.3. The van der Waals surface area contributed by atoms with E-state index in [1.807, 2.05) is 11.9 Å². The molecule has 0 saturated heterocycles. The fourth-order valence-corrected chi connectivity index (χ4v) is 2.75. The van der Waals surface area contributed by atoms with E-state index in [0.717, 1.165) is 6.54 Å².